The number of nitrogens with zero attached hydrogens (tertiary/aromatic N) is 2. The highest BCUT2D eigenvalue weighted by molar-refractivity contribution is 14.0. The standard InChI is InChI=1S/C21H34N4O2.HI/c1-16-13-20(16)24-21(22-2)23-15-17-5-4-6-19(14-17)27-12-9-25(3)18-7-10-26-11-8-18;/h4-6,14,16,18,20H,7-13,15H2,1-3H3,(H2,22,23,24);1H. The van der Waals surface area contributed by atoms with E-state index in [0.29, 0.717) is 18.7 Å². The summed E-state index contributed by atoms with van der Waals surface area (Å²) in [6, 6.07) is 9.48. The summed E-state index contributed by atoms with van der Waals surface area (Å²) < 4.78 is 11.4. The lowest BCUT2D eigenvalue weighted by molar-refractivity contribution is 0.0392. The van der Waals surface area contributed by atoms with Gasteiger partial charge in [-0.15, -0.1) is 24.0 Å². The Kier molecular flexibility index (Phi) is 9.81. The van der Waals surface area contributed by atoms with Crippen LogP contribution in [0.1, 0.15) is 31.7 Å². The highest BCUT2D eigenvalue weighted by Gasteiger charge is 2.33. The summed E-state index contributed by atoms with van der Waals surface area (Å²) in [7, 11) is 4.00. The molecule has 1 aliphatic heterocycles. The van der Waals surface area contributed by atoms with Crippen molar-refractivity contribution in [2.24, 2.45) is 10.9 Å². The highest BCUT2D eigenvalue weighted by Crippen LogP contribution is 2.28. The third-order valence-electron chi connectivity index (χ3n) is 5.54. The molecule has 2 atom stereocenters. The summed E-state index contributed by atoms with van der Waals surface area (Å²) in [5.74, 6) is 2.54. The van der Waals surface area contributed by atoms with Gasteiger partial charge in [0.2, 0.25) is 0 Å². The van der Waals surface area contributed by atoms with E-state index in [2.05, 4.69) is 46.6 Å². The van der Waals surface area contributed by atoms with Crippen molar-refractivity contribution in [3.05, 3.63) is 29.8 Å². The minimum atomic E-state index is 0. The second-order valence-corrected chi connectivity index (χ2v) is 7.71. The van der Waals surface area contributed by atoms with Crippen LogP contribution in [0.2, 0.25) is 0 Å². The Morgan fingerprint density at radius 3 is 2.75 bits per heavy atom. The fourth-order valence-electron chi connectivity index (χ4n) is 3.44. The molecule has 6 nitrogen and oxygen atoms in total. The first kappa shape index (κ1) is 23.2. The van der Waals surface area contributed by atoms with Crippen LogP contribution in [0, 0.1) is 5.92 Å². The average Bonchev–Trinajstić information content (AvgIpc) is 3.40. The van der Waals surface area contributed by atoms with Gasteiger partial charge in [0.05, 0.1) is 0 Å². The van der Waals surface area contributed by atoms with Crippen LogP contribution in [0.5, 0.6) is 5.75 Å². The van der Waals surface area contributed by atoms with Gasteiger partial charge in [0.25, 0.3) is 0 Å². The first-order valence-electron chi connectivity index (χ1n) is 10.1. The van der Waals surface area contributed by atoms with Crippen LogP contribution >= 0.6 is 24.0 Å². The number of halogens is 1. The van der Waals surface area contributed by atoms with Gasteiger partial charge in [-0.3, -0.25) is 9.89 Å². The molecule has 1 saturated heterocycles. The Morgan fingerprint density at radius 2 is 2.07 bits per heavy atom. The molecule has 28 heavy (non-hydrogen) atoms. The number of benzene rings is 1. The predicted octanol–water partition coefficient (Wildman–Crippen LogP) is 2.87. The van der Waals surface area contributed by atoms with Gasteiger partial charge in [-0.1, -0.05) is 19.1 Å². The van der Waals surface area contributed by atoms with Crippen LogP contribution in [0.15, 0.2) is 29.3 Å². The maximum absolute atomic E-state index is 5.98. The number of nitrogens with one attached hydrogen (secondary N) is 2. The zero-order chi connectivity index (χ0) is 19.1. The fraction of sp³-hybridized carbons (Fsp3) is 0.667. The van der Waals surface area contributed by atoms with E-state index in [9.17, 15) is 0 Å². The Morgan fingerprint density at radius 1 is 1.32 bits per heavy atom. The predicted molar refractivity (Wildman–Crippen MR) is 125 cm³/mol. The van der Waals surface area contributed by atoms with Crippen LogP contribution in [0.3, 0.4) is 0 Å². The molecule has 158 valence electrons. The number of guanidine groups is 1. The molecule has 0 radical (unpaired) electrons. The third kappa shape index (κ3) is 7.40. The number of rotatable bonds is 8. The van der Waals surface area contributed by atoms with Crippen LogP contribution in [0.4, 0.5) is 0 Å². The van der Waals surface area contributed by atoms with E-state index in [1.807, 2.05) is 19.2 Å². The first-order chi connectivity index (χ1) is 13.2. The highest BCUT2D eigenvalue weighted by atomic mass is 127. The SMILES string of the molecule is CN=C(NCc1cccc(OCCN(C)C2CCOCC2)c1)NC1CC1C.I. The maximum Gasteiger partial charge on any atom is 0.191 e. The Balaban J connectivity index is 0.00000280. The zero-order valence-corrected chi connectivity index (χ0v) is 19.6. The van der Waals surface area contributed by atoms with Gasteiger partial charge in [-0.05, 0) is 49.9 Å². The lowest BCUT2D eigenvalue weighted by Gasteiger charge is -2.31. The summed E-state index contributed by atoms with van der Waals surface area (Å²) in [5, 5.41) is 6.83. The van der Waals surface area contributed by atoms with Crippen LogP contribution in [-0.4, -0.2) is 63.4 Å². The summed E-state index contributed by atoms with van der Waals surface area (Å²) in [4.78, 5) is 6.69. The van der Waals surface area contributed by atoms with E-state index in [0.717, 1.165) is 56.8 Å². The summed E-state index contributed by atoms with van der Waals surface area (Å²) in [6.07, 6.45) is 3.46. The van der Waals surface area contributed by atoms with Gasteiger partial charge in [0.15, 0.2) is 5.96 Å². The van der Waals surface area contributed by atoms with Crippen LogP contribution in [0.25, 0.3) is 0 Å². The molecule has 1 aromatic rings. The van der Waals surface area contributed by atoms with Gasteiger partial charge in [-0.2, -0.15) is 0 Å². The fourth-order valence-corrected chi connectivity index (χ4v) is 3.44. The molecule has 3 rings (SSSR count). The smallest absolute Gasteiger partial charge is 0.191 e. The summed E-state index contributed by atoms with van der Waals surface area (Å²) in [5.41, 5.74) is 1.19. The number of ether oxygens (including phenoxy) is 2. The molecule has 0 aromatic heterocycles. The molecule has 2 aliphatic rings. The Bertz CT molecular complexity index is 622. The number of aliphatic imine (C=N–C) groups is 1. The van der Waals surface area contributed by atoms with E-state index in [1.54, 1.807) is 0 Å². The molecular formula is C21H35IN4O2. The molecule has 1 heterocycles. The summed E-state index contributed by atoms with van der Waals surface area (Å²) >= 11 is 0. The minimum absolute atomic E-state index is 0. The van der Waals surface area contributed by atoms with Crippen molar-refractivity contribution in [3.8, 4) is 5.75 Å². The van der Waals surface area contributed by atoms with Gasteiger partial charge in [-0.25, -0.2) is 0 Å². The van der Waals surface area contributed by atoms with E-state index >= 15 is 0 Å². The van der Waals surface area contributed by atoms with Crippen molar-refractivity contribution in [2.45, 2.75) is 44.8 Å². The van der Waals surface area contributed by atoms with Crippen LogP contribution in [-0.2, 0) is 11.3 Å². The molecule has 1 saturated carbocycles. The lowest BCUT2D eigenvalue weighted by Crippen LogP contribution is -2.38. The molecule has 2 fully saturated rings. The molecule has 1 aromatic carbocycles. The zero-order valence-electron chi connectivity index (χ0n) is 17.3. The number of hydrogen-bond acceptors (Lipinski definition) is 4. The monoisotopic (exact) mass is 502 g/mol. The average molecular weight is 502 g/mol. The van der Waals surface area contributed by atoms with Gasteiger partial charge in [0.1, 0.15) is 12.4 Å². The Labute approximate surface area is 186 Å². The minimum Gasteiger partial charge on any atom is -0.492 e. The van der Waals surface area contributed by atoms with E-state index < -0.39 is 0 Å². The van der Waals surface area contributed by atoms with Gasteiger partial charge >= 0.3 is 0 Å². The van der Waals surface area contributed by atoms with Crippen molar-refractivity contribution in [1.82, 2.24) is 15.5 Å². The van der Waals surface area contributed by atoms with Crippen LogP contribution < -0.4 is 15.4 Å². The van der Waals surface area contributed by atoms with Crippen molar-refractivity contribution >= 4 is 29.9 Å². The van der Waals surface area contributed by atoms with Crippen molar-refractivity contribution in [2.75, 3.05) is 40.5 Å². The third-order valence-corrected chi connectivity index (χ3v) is 5.54. The van der Waals surface area contributed by atoms with Gasteiger partial charge < -0.3 is 20.1 Å². The van der Waals surface area contributed by atoms with E-state index in [1.165, 1.54) is 12.0 Å². The van der Waals surface area contributed by atoms with Crippen molar-refractivity contribution < 1.29 is 9.47 Å². The van der Waals surface area contributed by atoms with E-state index in [4.69, 9.17) is 9.47 Å². The Hall–Kier alpha value is -1.06. The second-order valence-electron chi connectivity index (χ2n) is 7.71. The van der Waals surface area contributed by atoms with Crippen molar-refractivity contribution in [1.29, 1.82) is 0 Å². The van der Waals surface area contributed by atoms with Crippen molar-refractivity contribution in [3.63, 3.8) is 0 Å². The maximum atomic E-state index is 5.98. The molecule has 0 spiro atoms. The largest absolute Gasteiger partial charge is 0.492 e. The molecule has 2 unspecified atom stereocenters. The molecule has 0 amide bonds. The second kappa shape index (κ2) is 11.8. The lowest BCUT2D eigenvalue weighted by atomic mass is 10.1. The quantitative estimate of drug-likeness (QED) is 0.326. The van der Waals surface area contributed by atoms with Gasteiger partial charge in [0, 0.05) is 45.4 Å². The normalized spacial score (nSPS) is 22.5. The van der Waals surface area contributed by atoms with E-state index in [-0.39, 0.29) is 24.0 Å². The molecule has 2 N–H and O–H groups in total. The molecule has 1 aliphatic carbocycles. The molecule has 0 bridgehead atoms. The topological polar surface area (TPSA) is 58.1 Å². The molecular weight excluding hydrogens is 467 g/mol. The first-order valence-corrected chi connectivity index (χ1v) is 10.1. The number of likely N-dealkylation sites (N-methyl/N-ethyl adjacent to an activating group) is 1. The molecule has 7 heteroatoms. The summed E-state index contributed by atoms with van der Waals surface area (Å²) in [6.45, 7) is 6.38. The number of hydrogen-bond donors (Lipinski definition) is 2.